The highest BCUT2D eigenvalue weighted by molar-refractivity contribution is 5.75. The molecule has 0 atom stereocenters. The van der Waals surface area contributed by atoms with Gasteiger partial charge in [-0.2, -0.15) is 23.4 Å². The van der Waals surface area contributed by atoms with Gasteiger partial charge in [-0.3, -0.25) is 24.3 Å². The Kier molecular flexibility index (Phi) is 5.62. The van der Waals surface area contributed by atoms with Crippen LogP contribution in [0.1, 0.15) is 48.0 Å². The van der Waals surface area contributed by atoms with Crippen LogP contribution in [0.25, 0.3) is 0 Å². The number of carbonyl (C=O) groups excluding carboxylic acids is 1. The van der Waals surface area contributed by atoms with Crippen molar-refractivity contribution in [1.29, 1.82) is 0 Å². The number of nitrogens with one attached hydrogen (secondary N) is 1. The van der Waals surface area contributed by atoms with E-state index < -0.39 is 16.8 Å². The number of hydrogen-bond donors (Lipinski definition) is 1. The molecule has 0 spiro atoms. The Morgan fingerprint density at radius 3 is 2.52 bits per heavy atom. The number of halogens is 3. The van der Waals surface area contributed by atoms with Crippen LogP contribution in [0.4, 0.5) is 18.9 Å². The number of carbonyl (C=O) groups is 1. The number of amides is 1. The summed E-state index contributed by atoms with van der Waals surface area (Å²) < 4.78 is 41.4. The maximum absolute atomic E-state index is 12.9. The smallest absolute Gasteiger partial charge is 0.354 e. The van der Waals surface area contributed by atoms with Gasteiger partial charge in [0.1, 0.15) is 11.4 Å². The van der Waals surface area contributed by atoms with E-state index in [1.165, 1.54) is 16.3 Å². The van der Waals surface area contributed by atoms with Crippen molar-refractivity contribution < 1.29 is 22.9 Å². The zero-order valence-corrected chi connectivity index (χ0v) is 16.0. The lowest BCUT2D eigenvalue weighted by atomic mass is 10.2. The van der Waals surface area contributed by atoms with Crippen LogP contribution in [0, 0.1) is 24.0 Å². The third-order valence-corrected chi connectivity index (χ3v) is 4.82. The molecular weight excluding hydrogens is 393 g/mol. The summed E-state index contributed by atoms with van der Waals surface area (Å²) in [5, 5.41) is 21.4. The van der Waals surface area contributed by atoms with Crippen molar-refractivity contribution in [3.8, 4) is 0 Å². The van der Waals surface area contributed by atoms with E-state index in [9.17, 15) is 28.1 Å². The summed E-state index contributed by atoms with van der Waals surface area (Å²) in [7, 11) is 0. The second-order valence-electron chi connectivity index (χ2n) is 7.05. The molecule has 1 fully saturated rings. The minimum atomic E-state index is -4.51. The molecule has 2 heterocycles. The topological polar surface area (TPSA) is 108 Å². The zero-order chi connectivity index (χ0) is 21.3. The molecule has 0 bridgehead atoms. The number of aryl methyl sites for hydroxylation is 2. The maximum Gasteiger partial charge on any atom is 0.435 e. The Bertz CT molecular complexity index is 930. The van der Waals surface area contributed by atoms with Gasteiger partial charge in [-0.25, -0.2) is 0 Å². The van der Waals surface area contributed by atoms with E-state index in [4.69, 9.17) is 0 Å². The molecule has 0 saturated heterocycles. The summed E-state index contributed by atoms with van der Waals surface area (Å²) in [5.41, 5.74) is 0.215. The highest BCUT2D eigenvalue weighted by Gasteiger charge is 2.37. The van der Waals surface area contributed by atoms with E-state index >= 15 is 0 Å². The molecule has 1 aliphatic carbocycles. The molecule has 158 valence electrons. The van der Waals surface area contributed by atoms with Gasteiger partial charge in [0, 0.05) is 31.1 Å². The SMILES string of the molecule is Cc1nn(CCNC(=O)CCn2nc(C(F)(F)F)cc2C2CC2)c(C)c1[N+](=O)[O-]. The van der Waals surface area contributed by atoms with Crippen LogP contribution >= 0.6 is 0 Å². The molecule has 12 heteroatoms. The molecule has 2 aromatic heterocycles. The van der Waals surface area contributed by atoms with Gasteiger partial charge in [-0.05, 0) is 32.8 Å². The fourth-order valence-corrected chi connectivity index (χ4v) is 3.22. The average Bonchev–Trinajstić information content (AvgIpc) is 3.29. The third-order valence-electron chi connectivity index (χ3n) is 4.82. The average molecular weight is 414 g/mol. The zero-order valence-electron chi connectivity index (χ0n) is 16.0. The molecule has 2 aromatic rings. The first kappa shape index (κ1) is 20.8. The van der Waals surface area contributed by atoms with Crippen LogP contribution in [0.15, 0.2) is 6.07 Å². The highest BCUT2D eigenvalue weighted by Crippen LogP contribution is 2.42. The Hall–Kier alpha value is -2.92. The maximum atomic E-state index is 12.9. The quantitative estimate of drug-likeness (QED) is 0.528. The normalized spacial score (nSPS) is 14.2. The summed E-state index contributed by atoms with van der Waals surface area (Å²) in [6.07, 6.45) is -2.89. The van der Waals surface area contributed by atoms with Crippen molar-refractivity contribution in [3.63, 3.8) is 0 Å². The monoisotopic (exact) mass is 414 g/mol. The van der Waals surface area contributed by atoms with Gasteiger partial charge >= 0.3 is 11.9 Å². The van der Waals surface area contributed by atoms with Crippen molar-refractivity contribution in [3.05, 3.63) is 39.0 Å². The molecule has 0 unspecified atom stereocenters. The molecule has 9 nitrogen and oxygen atoms in total. The van der Waals surface area contributed by atoms with Gasteiger partial charge in [0.15, 0.2) is 5.69 Å². The van der Waals surface area contributed by atoms with Crippen molar-refractivity contribution in [1.82, 2.24) is 24.9 Å². The van der Waals surface area contributed by atoms with Gasteiger partial charge in [-0.15, -0.1) is 0 Å². The minimum absolute atomic E-state index is 0.0179. The molecule has 1 amide bonds. The summed E-state index contributed by atoms with van der Waals surface area (Å²) in [6, 6.07) is 1.06. The first-order chi connectivity index (χ1) is 13.6. The third kappa shape index (κ3) is 4.74. The molecule has 1 N–H and O–H groups in total. The molecule has 1 aliphatic rings. The number of nitrogens with zero attached hydrogens (tertiary/aromatic N) is 5. The molecule has 0 aromatic carbocycles. The lowest BCUT2D eigenvalue weighted by Gasteiger charge is -2.08. The predicted molar refractivity (Wildman–Crippen MR) is 95.2 cm³/mol. The van der Waals surface area contributed by atoms with Gasteiger partial charge in [0.05, 0.1) is 11.5 Å². The van der Waals surface area contributed by atoms with E-state index in [-0.39, 0.29) is 43.6 Å². The number of aromatic nitrogens is 4. The lowest BCUT2D eigenvalue weighted by Crippen LogP contribution is -2.28. The number of rotatable bonds is 8. The van der Waals surface area contributed by atoms with Crippen molar-refractivity contribution in [2.24, 2.45) is 0 Å². The Morgan fingerprint density at radius 2 is 1.97 bits per heavy atom. The van der Waals surface area contributed by atoms with Crippen molar-refractivity contribution >= 4 is 11.6 Å². The van der Waals surface area contributed by atoms with Gasteiger partial charge in [0.2, 0.25) is 5.91 Å². The van der Waals surface area contributed by atoms with E-state index in [0.717, 1.165) is 18.9 Å². The number of hydrogen-bond acceptors (Lipinski definition) is 5. The minimum Gasteiger partial charge on any atom is -0.354 e. The molecule has 3 rings (SSSR count). The standard InChI is InChI=1S/C17H21F3N6O3/c1-10-16(26(28)29)11(2)24(22-10)8-6-21-15(27)5-7-25-13(12-3-4-12)9-14(23-25)17(18,19)20/h9,12H,3-8H2,1-2H3,(H,21,27). The second-order valence-corrected chi connectivity index (χ2v) is 7.05. The highest BCUT2D eigenvalue weighted by atomic mass is 19.4. The van der Waals surface area contributed by atoms with Crippen LogP contribution < -0.4 is 5.32 Å². The molecule has 29 heavy (non-hydrogen) atoms. The van der Waals surface area contributed by atoms with Crippen LogP contribution in [-0.2, 0) is 24.1 Å². The van der Waals surface area contributed by atoms with Crippen LogP contribution in [0.5, 0.6) is 0 Å². The van der Waals surface area contributed by atoms with Gasteiger partial charge in [0.25, 0.3) is 0 Å². The molecule has 0 radical (unpaired) electrons. The number of alkyl halides is 3. The fourth-order valence-electron chi connectivity index (χ4n) is 3.22. The van der Waals surface area contributed by atoms with Crippen molar-refractivity contribution in [2.75, 3.05) is 6.54 Å². The van der Waals surface area contributed by atoms with Crippen molar-refractivity contribution in [2.45, 2.75) is 58.3 Å². The fraction of sp³-hybridized carbons (Fsp3) is 0.588. The van der Waals surface area contributed by atoms with E-state index in [2.05, 4.69) is 15.5 Å². The Balaban J connectivity index is 1.53. The van der Waals surface area contributed by atoms with Crippen LogP contribution in [0.2, 0.25) is 0 Å². The van der Waals surface area contributed by atoms with Crippen LogP contribution in [-0.4, -0.2) is 36.9 Å². The molecule has 0 aliphatic heterocycles. The van der Waals surface area contributed by atoms with Gasteiger partial charge < -0.3 is 5.32 Å². The first-order valence-corrected chi connectivity index (χ1v) is 9.18. The van der Waals surface area contributed by atoms with E-state index in [0.29, 0.717) is 17.1 Å². The Labute approximate surface area is 164 Å². The molecule has 1 saturated carbocycles. The summed E-state index contributed by atoms with van der Waals surface area (Å²) in [5.74, 6) is -0.268. The number of nitro groups is 1. The second kappa shape index (κ2) is 7.84. The first-order valence-electron chi connectivity index (χ1n) is 9.18. The summed E-state index contributed by atoms with van der Waals surface area (Å²) in [4.78, 5) is 22.6. The summed E-state index contributed by atoms with van der Waals surface area (Å²) in [6.45, 7) is 3.62. The van der Waals surface area contributed by atoms with E-state index in [1.807, 2.05) is 0 Å². The van der Waals surface area contributed by atoms with Crippen LogP contribution in [0.3, 0.4) is 0 Å². The largest absolute Gasteiger partial charge is 0.435 e. The van der Waals surface area contributed by atoms with Gasteiger partial charge in [-0.1, -0.05) is 0 Å². The summed E-state index contributed by atoms with van der Waals surface area (Å²) >= 11 is 0. The predicted octanol–water partition coefficient (Wildman–Crippen LogP) is 2.71. The van der Waals surface area contributed by atoms with E-state index in [1.54, 1.807) is 6.92 Å². The molecular formula is C17H21F3N6O3. The lowest BCUT2D eigenvalue weighted by molar-refractivity contribution is -0.386. The Morgan fingerprint density at radius 1 is 1.28 bits per heavy atom.